The molecular formula is C17H17BrO4. The first-order valence-corrected chi connectivity index (χ1v) is 7.57. The number of phenols is 1. The van der Waals surface area contributed by atoms with Crippen molar-refractivity contribution >= 4 is 21.7 Å². The van der Waals surface area contributed by atoms with Crippen LogP contribution in [-0.4, -0.2) is 25.1 Å². The summed E-state index contributed by atoms with van der Waals surface area (Å²) in [5.41, 5.74) is 1.24. The van der Waals surface area contributed by atoms with E-state index in [0.717, 1.165) is 10.0 Å². The highest BCUT2D eigenvalue weighted by molar-refractivity contribution is 9.10. The summed E-state index contributed by atoms with van der Waals surface area (Å²) in [6.45, 7) is 0. The number of ether oxygens (including phenoxy) is 2. The first-order valence-electron chi connectivity index (χ1n) is 6.78. The summed E-state index contributed by atoms with van der Waals surface area (Å²) in [6.07, 6.45) is 0.797. The van der Waals surface area contributed by atoms with Crippen molar-refractivity contribution in [2.75, 3.05) is 14.2 Å². The van der Waals surface area contributed by atoms with Crippen LogP contribution in [0.25, 0.3) is 0 Å². The van der Waals surface area contributed by atoms with Crippen LogP contribution in [0.4, 0.5) is 0 Å². The molecule has 0 aliphatic rings. The molecule has 116 valence electrons. The van der Waals surface area contributed by atoms with Crippen molar-refractivity contribution < 1.29 is 19.4 Å². The number of methoxy groups -OCH3 is 2. The lowest BCUT2D eigenvalue weighted by Gasteiger charge is -2.12. The minimum absolute atomic E-state index is 0.00961. The Morgan fingerprint density at radius 2 is 1.82 bits per heavy atom. The molecule has 0 aromatic heterocycles. The number of para-hydroxylation sites is 1. The minimum atomic E-state index is -0.105. The Morgan fingerprint density at radius 1 is 1.14 bits per heavy atom. The molecule has 1 N–H and O–H groups in total. The molecule has 0 amide bonds. The second kappa shape index (κ2) is 7.31. The molecule has 0 heterocycles. The van der Waals surface area contributed by atoms with Gasteiger partial charge in [0.15, 0.2) is 5.78 Å². The van der Waals surface area contributed by atoms with Crippen molar-refractivity contribution in [2.45, 2.75) is 12.8 Å². The Kier molecular flexibility index (Phi) is 5.44. The lowest BCUT2D eigenvalue weighted by atomic mass is 10.0. The molecule has 2 rings (SSSR count). The number of rotatable bonds is 6. The van der Waals surface area contributed by atoms with Crippen LogP contribution < -0.4 is 9.47 Å². The van der Waals surface area contributed by atoms with Gasteiger partial charge in [-0.15, -0.1) is 0 Å². The molecule has 4 nitrogen and oxygen atoms in total. The Labute approximate surface area is 137 Å². The topological polar surface area (TPSA) is 55.8 Å². The highest BCUT2D eigenvalue weighted by atomic mass is 79.9. The number of ketones is 1. The zero-order valence-electron chi connectivity index (χ0n) is 12.4. The number of Topliss-reactive ketones (excluding diaryl/α,β-unsaturated/α-hetero) is 1. The van der Waals surface area contributed by atoms with Gasteiger partial charge in [0, 0.05) is 12.5 Å². The van der Waals surface area contributed by atoms with Gasteiger partial charge in [-0.05, 0) is 46.1 Å². The van der Waals surface area contributed by atoms with E-state index in [1.165, 1.54) is 6.07 Å². The van der Waals surface area contributed by atoms with Crippen LogP contribution >= 0.6 is 15.9 Å². The van der Waals surface area contributed by atoms with Crippen molar-refractivity contribution in [3.8, 4) is 17.2 Å². The van der Waals surface area contributed by atoms with Crippen LogP contribution in [0.15, 0.2) is 40.9 Å². The normalized spacial score (nSPS) is 10.3. The fourth-order valence-corrected chi connectivity index (χ4v) is 2.76. The van der Waals surface area contributed by atoms with Crippen molar-refractivity contribution in [1.82, 2.24) is 0 Å². The fourth-order valence-electron chi connectivity index (χ4n) is 2.21. The number of phenolic OH excluding ortho intramolecular Hbond substituents is 1. The molecule has 0 aliphatic carbocycles. The Morgan fingerprint density at radius 3 is 2.45 bits per heavy atom. The van der Waals surface area contributed by atoms with Gasteiger partial charge in [0.05, 0.1) is 24.3 Å². The number of aromatic hydroxyl groups is 1. The quantitative estimate of drug-likeness (QED) is 0.787. The second-order valence-electron chi connectivity index (χ2n) is 4.74. The summed E-state index contributed by atoms with van der Waals surface area (Å²) in [7, 11) is 3.16. The number of hydrogen-bond donors (Lipinski definition) is 1. The molecule has 2 aromatic rings. The predicted octanol–water partition coefficient (Wildman–Crippen LogP) is 3.99. The fraction of sp³-hybridized carbons (Fsp3) is 0.235. The van der Waals surface area contributed by atoms with Crippen LogP contribution in [-0.2, 0) is 6.42 Å². The molecule has 0 saturated heterocycles. The maximum absolute atomic E-state index is 12.2. The smallest absolute Gasteiger partial charge is 0.166 e. The highest BCUT2D eigenvalue weighted by Gasteiger charge is 2.14. The highest BCUT2D eigenvalue weighted by Crippen LogP contribution is 2.33. The van der Waals surface area contributed by atoms with E-state index in [1.807, 2.05) is 6.07 Å². The second-order valence-corrected chi connectivity index (χ2v) is 5.59. The van der Waals surface area contributed by atoms with Crippen molar-refractivity contribution in [3.05, 3.63) is 52.0 Å². The SMILES string of the molecule is COc1cc(OC)c(CCC(=O)c2ccccc2O)cc1Br. The number of carbonyl (C=O) groups is 1. The van der Waals surface area contributed by atoms with Gasteiger partial charge in [0.1, 0.15) is 17.2 Å². The van der Waals surface area contributed by atoms with Crippen LogP contribution in [0.2, 0.25) is 0 Å². The molecular weight excluding hydrogens is 348 g/mol. The predicted molar refractivity (Wildman–Crippen MR) is 88.0 cm³/mol. The molecule has 0 unspecified atom stereocenters. The summed E-state index contributed by atoms with van der Waals surface area (Å²) < 4.78 is 11.4. The van der Waals surface area contributed by atoms with Gasteiger partial charge in [-0.3, -0.25) is 4.79 Å². The van der Waals surface area contributed by atoms with Gasteiger partial charge in [-0.1, -0.05) is 12.1 Å². The van der Waals surface area contributed by atoms with E-state index in [0.29, 0.717) is 23.5 Å². The lowest BCUT2D eigenvalue weighted by Crippen LogP contribution is -2.03. The van der Waals surface area contributed by atoms with Gasteiger partial charge in [-0.2, -0.15) is 0 Å². The van der Waals surface area contributed by atoms with Crippen LogP contribution in [0.3, 0.4) is 0 Å². The maximum atomic E-state index is 12.2. The van der Waals surface area contributed by atoms with Gasteiger partial charge in [0.2, 0.25) is 0 Å². The Hall–Kier alpha value is -2.01. The third kappa shape index (κ3) is 3.60. The number of halogens is 1. The zero-order chi connectivity index (χ0) is 16.1. The van der Waals surface area contributed by atoms with E-state index in [1.54, 1.807) is 38.5 Å². The molecule has 0 radical (unpaired) electrons. The average Bonchev–Trinajstić information content (AvgIpc) is 2.53. The standard InChI is InChI=1S/C17H17BrO4/c1-21-16-10-17(22-2)13(18)9-11(16)7-8-15(20)12-5-3-4-6-14(12)19/h3-6,9-10,19H,7-8H2,1-2H3. The molecule has 0 atom stereocenters. The van der Waals surface area contributed by atoms with Gasteiger partial charge in [-0.25, -0.2) is 0 Å². The molecule has 0 aliphatic heterocycles. The Balaban J connectivity index is 2.16. The maximum Gasteiger partial charge on any atom is 0.166 e. The minimum Gasteiger partial charge on any atom is -0.507 e. The third-order valence-corrected chi connectivity index (χ3v) is 4.00. The lowest BCUT2D eigenvalue weighted by molar-refractivity contribution is 0.0980. The number of benzene rings is 2. The molecule has 0 saturated carbocycles. The summed E-state index contributed by atoms with van der Waals surface area (Å²) in [5, 5.41) is 9.72. The molecule has 0 fully saturated rings. The van der Waals surface area contributed by atoms with E-state index < -0.39 is 0 Å². The van der Waals surface area contributed by atoms with E-state index in [4.69, 9.17) is 9.47 Å². The molecule has 0 bridgehead atoms. The van der Waals surface area contributed by atoms with Crippen molar-refractivity contribution in [2.24, 2.45) is 0 Å². The summed E-state index contributed by atoms with van der Waals surface area (Å²) >= 11 is 3.43. The molecule has 5 heteroatoms. The van der Waals surface area contributed by atoms with Crippen molar-refractivity contribution in [3.63, 3.8) is 0 Å². The molecule has 0 spiro atoms. The van der Waals surface area contributed by atoms with E-state index >= 15 is 0 Å². The number of hydrogen-bond acceptors (Lipinski definition) is 4. The Bertz CT molecular complexity index is 682. The summed E-state index contributed by atoms with van der Waals surface area (Å²) in [4.78, 5) is 12.2. The number of carbonyl (C=O) groups excluding carboxylic acids is 1. The monoisotopic (exact) mass is 364 g/mol. The van der Waals surface area contributed by atoms with E-state index in [2.05, 4.69) is 15.9 Å². The third-order valence-electron chi connectivity index (χ3n) is 3.38. The largest absolute Gasteiger partial charge is 0.507 e. The van der Waals surface area contributed by atoms with Gasteiger partial charge >= 0.3 is 0 Å². The van der Waals surface area contributed by atoms with E-state index in [-0.39, 0.29) is 18.0 Å². The van der Waals surface area contributed by atoms with Gasteiger partial charge in [0.25, 0.3) is 0 Å². The number of aryl methyl sites for hydroxylation is 1. The molecule has 2 aromatic carbocycles. The average molecular weight is 365 g/mol. The molecule has 22 heavy (non-hydrogen) atoms. The zero-order valence-corrected chi connectivity index (χ0v) is 14.0. The first-order chi connectivity index (χ1) is 10.6. The van der Waals surface area contributed by atoms with Crippen molar-refractivity contribution in [1.29, 1.82) is 0 Å². The van der Waals surface area contributed by atoms with E-state index in [9.17, 15) is 9.90 Å². The van der Waals surface area contributed by atoms with Crippen LogP contribution in [0.1, 0.15) is 22.3 Å². The van der Waals surface area contributed by atoms with Crippen LogP contribution in [0.5, 0.6) is 17.2 Å². The van der Waals surface area contributed by atoms with Gasteiger partial charge < -0.3 is 14.6 Å². The van der Waals surface area contributed by atoms with Crippen LogP contribution in [0, 0.1) is 0 Å². The summed E-state index contributed by atoms with van der Waals surface area (Å²) in [6, 6.07) is 10.2. The summed E-state index contributed by atoms with van der Waals surface area (Å²) in [5.74, 6) is 1.25. The first kappa shape index (κ1) is 16.4.